The highest BCUT2D eigenvalue weighted by atomic mass is 32.1. The fraction of sp³-hybridized carbons (Fsp3) is 0.231. The first kappa shape index (κ1) is 11.1. The van der Waals surface area contributed by atoms with E-state index in [1.807, 2.05) is 12.1 Å². The van der Waals surface area contributed by atoms with Crippen molar-refractivity contribution in [1.29, 1.82) is 0 Å². The molecule has 0 saturated heterocycles. The predicted octanol–water partition coefficient (Wildman–Crippen LogP) is 3.19. The number of hydrogen-bond acceptors (Lipinski definition) is 3. The molecule has 3 heteroatoms. The smallest absolute Gasteiger partial charge is 0.119 e. The Morgan fingerprint density at radius 2 is 1.88 bits per heavy atom. The summed E-state index contributed by atoms with van der Waals surface area (Å²) < 4.78 is 5.19. The van der Waals surface area contributed by atoms with E-state index >= 15 is 0 Å². The monoisotopic (exact) mass is 233 g/mol. The Labute approximate surface area is 101 Å². The SMILES string of the molecule is COc1ccc2cc(NCCS)ccc2c1. The number of ether oxygens (including phenoxy) is 1. The van der Waals surface area contributed by atoms with Crippen LogP contribution in [0.1, 0.15) is 0 Å². The molecule has 0 aliphatic carbocycles. The quantitative estimate of drug-likeness (QED) is 0.791. The number of methoxy groups -OCH3 is 1. The summed E-state index contributed by atoms with van der Waals surface area (Å²) in [6.45, 7) is 0.880. The molecule has 0 spiro atoms. The van der Waals surface area contributed by atoms with Gasteiger partial charge in [-0.25, -0.2) is 0 Å². The van der Waals surface area contributed by atoms with Gasteiger partial charge in [-0.15, -0.1) is 0 Å². The Balaban J connectivity index is 2.32. The van der Waals surface area contributed by atoms with Gasteiger partial charge in [0, 0.05) is 18.0 Å². The van der Waals surface area contributed by atoms with Gasteiger partial charge in [-0.3, -0.25) is 0 Å². The Morgan fingerprint density at radius 3 is 2.62 bits per heavy atom. The molecule has 0 fully saturated rings. The van der Waals surface area contributed by atoms with Gasteiger partial charge in [0.05, 0.1) is 7.11 Å². The van der Waals surface area contributed by atoms with E-state index in [1.165, 1.54) is 10.8 Å². The van der Waals surface area contributed by atoms with E-state index in [0.29, 0.717) is 0 Å². The van der Waals surface area contributed by atoms with E-state index < -0.39 is 0 Å². The van der Waals surface area contributed by atoms with Gasteiger partial charge in [-0.05, 0) is 35.0 Å². The van der Waals surface area contributed by atoms with Crippen LogP contribution in [0.25, 0.3) is 10.8 Å². The van der Waals surface area contributed by atoms with Crippen LogP contribution in [-0.4, -0.2) is 19.4 Å². The lowest BCUT2D eigenvalue weighted by Gasteiger charge is -2.07. The zero-order chi connectivity index (χ0) is 11.4. The third-order valence-corrected chi connectivity index (χ3v) is 2.71. The Hall–Kier alpha value is -1.35. The number of thiol groups is 1. The van der Waals surface area contributed by atoms with E-state index in [0.717, 1.165) is 23.7 Å². The van der Waals surface area contributed by atoms with Crippen molar-refractivity contribution in [1.82, 2.24) is 0 Å². The average molecular weight is 233 g/mol. The standard InChI is InChI=1S/C13H15NOS/c1-15-13-5-3-10-8-12(14-6-7-16)4-2-11(10)9-13/h2-5,8-9,14,16H,6-7H2,1H3. The fourth-order valence-corrected chi connectivity index (χ4v) is 1.77. The summed E-state index contributed by atoms with van der Waals surface area (Å²) in [5, 5.41) is 5.71. The molecule has 2 nitrogen and oxygen atoms in total. The maximum Gasteiger partial charge on any atom is 0.119 e. The number of benzene rings is 2. The Morgan fingerprint density at radius 1 is 1.12 bits per heavy atom. The van der Waals surface area contributed by atoms with Crippen LogP contribution >= 0.6 is 12.6 Å². The molecule has 0 unspecified atom stereocenters. The molecule has 0 bridgehead atoms. The van der Waals surface area contributed by atoms with Gasteiger partial charge in [-0.1, -0.05) is 12.1 Å². The van der Waals surface area contributed by atoms with Crippen LogP contribution in [0.2, 0.25) is 0 Å². The van der Waals surface area contributed by atoms with Crippen LogP contribution in [0.15, 0.2) is 36.4 Å². The topological polar surface area (TPSA) is 21.3 Å². The molecule has 0 aromatic heterocycles. The van der Waals surface area contributed by atoms with E-state index in [1.54, 1.807) is 7.11 Å². The molecule has 0 aliphatic rings. The van der Waals surface area contributed by atoms with Gasteiger partial charge >= 0.3 is 0 Å². The van der Waals surface area contributed by atoms with Crippen molar-refractivity contribution >= 4 is 29.1 Å². The van der Waals surface area contributed by atoms with Gasteiger partial charge in [-0.2, -0.15) is 12.6 Å². The maximum atomic E-state index is 5.19. The van der Waals surface area contributed by atoms with Crippen molar-refractivity contribution in [3.05, 3.63) is 36.4 Å². The molecule has 2 rings (SSSR count). The van der Waals surface area contributed by atoms with Crippen molar-refractivity contribution in [2.75, 3.05) is 24.7 Å². The van der Waals surface area contributed by atoms with Crippen LogP contribution in [0.3, 0.4) is 0 Å². The molecular formula is C13H15NOS. The normalized spacial score (nSPS) is 10.4. The zero-order valence-electron chi connectivity index (χ0n) is 9.23. The van der Waals surface area contributed by atoms with Gasteiger partial charge < -0.3 is 10.1 Å². The summed E-state index contributed by atoms with van der Waals surface area (Å²) in [5.41, 5.74) is 1.13. The second kappa shape index (κ2) is 5.12. The molecule has 0 aliphatic heterocycles. The van der Waals surface area contributed by atoms with E-state index in [2.05, 4.69) is 42.2 Å². The minimum absolute atomic E-state index is 0.834. The summed E-state index contributed by atoms with van der Waals surface area (Å²) in [4.78, 5) is 0. The second-order valence-corrected chi connectivity index (χ2v) is 4.03. The van der Waals surface area contributed by atoms with Crippen molar-refractivity contribution in [3.63, 3.8) is 0 Å². The lowest BCUT2D eigenvalue weighted by molar-refractivity contribution is 0.415. The Bertz CT molecular complexity index is 484. The maximum absolute atomic E-state index is 5.19. The second-order valence-electron chi connectivity index (χ2n) is 3.58. The van der Waals surface area contributed by atoms with Crippen LogP contribution in [0.5, 0.6) is 5.75 Å². The zero-order valence-corrected chi connectivity index (χ0v) is 10.1. The number of anilines is 1. The molecule has 1 N–H and O–H groups in total. The lowest BCUT2D eigenvalue weighted by Crippen LogP contribution is -2.01. The van der Waals surface area contributed by atoms with Crippen molar-refractivity contribution in [2.45, 2.75) is 0 Å². The molecule has 2 aromatic carbocycles. The van der Waals surface area contributed by atoms with E-state index in [9.17, 15) is 0 Å². The molecule has 0 amide bonds. The number of hydrogen-bond donors (Lipinski definition) is 2. The highest BCUT2D eigenvalue weighted by Gasteiger charge is 1.98. The Kier molecular flexibility index (Phi) is 3.57. The highest BCUT2D eigenvalue weighted by molar-refractivity contribution is 7.80. The first-order valence-corrected chi connectivity index (χ1v) is 5.89. The summed E-state index contributed by atoms with van der Waals surface area (Å²) in [5.74, 6) is 1.73. The summed E-state index contributed by atoms with van der Waals surface area (Å²) in [6.07, 6.45) is 0. The third-order valence-electron chi connectivity index (χ3n) is 2.49. The van der Waals surface area contributed by atoms with E-state index in [-0.39, 0.29) is 0 Å². The highest BCUT2D eigenvalue weighted by Crippen LogP contribution is 2.23. The van der Waals surface area contributed by atoms with Gasteiger partial charge in [0.25, 0.3) is 0 Å². The number of nitrogens with one attached hydrogen (secondary N) is 1. The molecule has 84 valence electrons. The molecule has 0 radical (unpaired) electrons. The van der Waals surface area contributed by atoms with Crippen LogP contribution in [0, 0.1) is 0 Å². The average Bonchev–Trinajstić information content (AvgIpc) is 2.35. The number of rotatable bonds is 4. The largest absolute Gasteiger partial charge is 0.497 e. The molecule has 0 heterocycles. The van der Waals surface area contributed by atoms with Crippen LogP contribution in [0.4, 0.5) is 5.69 Å². The first-order valence-electron chi connectivity index (χ1n) is 5.26. The van der Waals surface area contributed by atoms with Crippen molar-refractivity contribution in [2.24, 2.45) is 0 Å². The van der Waals surface area contributed by atoms with Crippen molar-refractivity contribution in [3.8, 4) is 5.75 Å². The summed E-state index contributed by atoms with van der Waals surface area (Å²) in [6, 6.07) is 12.4. The summed E-state index contributed by atoms with van der Waals surface area (Å²) in [7, 11) is 1.68. The number of fused-ring (bicyclic) bond motifs is 1. The van der Waals surface area contributed by atoms with Crippen molar-refractivity contribution < 1.29 is 4.74 Å². The first-order chi connectivity index (χ1) is 7.83. The molecule has 0 atom stereocenters. The van der Waals surface area contributed by atoms with E-state index in [4.69, 9.17) is 4.74 Å². The van der Waals surface area contributed by atoms with Gasteiger partial charge in [0.2, 0.25) is 0 Å². The summed E-state index contributed by atoms with van der Waals surface area (Å²) >= 11 is 4.17. The van der Waals surface area contributed by atoms with Gasteiger partial charge in [0.15, 0.2) is 0 Å². The molecule has 0 saturated carbocycles. The fourth-order valence-electron chi connectivity index (χ4n) is 1.66. The third kappa shape index (κ3) is 2.42. The molecule has 2 aromatic rings. The predicted molar refractivity (Wildman–Crippen MR) is 72.8 cm³/mol. The molecular weight excluding hydrogens is 218 g/mol. The van der Waals surface area contributed by atoms with Crippen LogP contribution < -0.4 is 10.1 Å². The minimum Gasteiger partial charge on any atom is -0.497 e. The molecule has 16 heavy (non-hydrogen) atoms. The lowest BCUT2D eigenvalue weighted by atomic mass is 10.1. The minimum atomic E-state index is 0.834. The van der Waals surface area contributed by atoms with Crippen LogP contribution in [-0.2, 0) is 0 Å². The van der Waals surface area contributed by atoms with Gasteiger partial charge in [0.1, 0.15) is 5.75 Å².